The number of hydrogen-bond acceptors (Lipinski definition) is 3. The molecule has 0 unspecified atom stereocenters. The lowest BCUT2D eigenvalue weighted by Crippen LogP contribution is -2.42. The molecule has 0 radical (unpaired) electrons. The molecule has 0 fully saturated rings. The van der Waals surface area contributed by atoms with Crippen LogP contribution in [0.4, 0.5) is 0 Å². The predicted octanol–water partition coefficient (Wildman–Crippen LogP) is 1.67. The summed E-state index contributed by atoms with van der Waals surface area (Å²) in [6.07, 6.45) is 0. The molecule has 0 atom stereocenters. The van der Waals surface area contributed by atoms with Gasteiger partial charge in [-0.2, -0.15) is 0 Å². The molecule has 116 valence electrons. The van der Waals surface area contributed by atoms with E-state index < -0.39 is 0 Å². The Labute approximate surface area is 126 Å². The minimum atomic E-state index is -0.230. The van der Waals surface area contributed by atoms with E-state index in [0.717, 1.165) is 5.56 Å². The summed E-state index contributed by atoms with van der Waals surface area (Å²) in [5.74, 6) is 0.255. The molecule has 1 N–H and O–H groups in total. The average Bonchev–Trinajstić information content (AvgIpc) is 2.38. The van der Waals surface area contributed by atoms with E-state index in [1.807, 2.05) is 45.9 Å². The van der Waals surface area contributed by atoms with Gasteiger partial charge in [-0.3, -0.25) is 9.59 Å². The summed E-state index contributed by atoms with van der Waals surface area (Å²) in [4.78, 5) is 24.8. The van der Waals surface area contributed by atoms with Crippen LogP contribution < -0.4 is 10.1 Å². The van der Waals surface area contributed by atoms with Gasteiger partial charge in [0.15, 0.2) is 6.61 Å². The molecule has 5 nitrogen and oxygen atoms in total. The van der Waals surface area contributed by atoms with E-state index in [1.54, 1.807) is 7.05 Å². The number of hydrogen-bond donors (Lipinski definition) is 1. The highest BCUT2D eigenvalue weighted by Crippen LogP contribution is 2.16. The van der Waals surface area contributed by atoms with Gasteiger partial charge in [0, 0.05) is 13.1 Å². The number of aryl methyl sites for hydroxylation is 2. The fourth-order valence-corrected chi connectivity index (χ4v) is 1.73. The fraction of sp³-hybridized carbons (Fsp3) is 0.500. The van der Waals surface area contributed by atoms with Gasteiger partial charge in [0.05, 0.1) is 6.54 Å². The van der Waals surface area contributed by atoms with Gasteiger partial charge in [-0.15, -0.1) is 0 Å². The van der Waals surface area contributed by atoms with Crippen molar-refractivity contribution in [3.63, 3.8) is 0 Å². The number of carbonyl (C=O) groups excluding carboxylic acids is 2. The third-order valence-corrected chi connectivity index (χ3v) is 3.10. The summed E-state index contributed by atoms with van der Waals surface area (Å²) < 4.78 is 5.46. The molecule has 0 aliphatic heterocycles. The Morgan fingerprint density at radius 3 is 2.48 bits per heavy atom. The zero-order valence-corrected chi connectivity index (χ0v) is 13.4. The molecule has 1 rings (SSSR count). The summed E-state index contributed by atoms with van der Waals surface area (Å²) in [6, 6.07) is 5.75. The minimum absolute atomic E-state index is 0.0350. The normalized spacial score (nSPS) is 10.4. The summed E-state index contributed by atoms with van der Waals surface area (Å²) >= 11 is 0. The highest BCUT2D eigenvalue weighted by molar-refractivity contribution is 5.85. The van der Waals surface area contributed by atoms with Gasteiger partial charge < -0.3 is 15.0 Å². The van der Waals surface area contributed by atoms with Gasteiger partial charge in [-0.1, -0.05) is 6.07 Å². The molecule has 1 aromatic rings. The third kappa shape index (κ3) is 5.85. The summed E-state index contributed by atoms with van der Waals surface area (Å²) in [5, 5.41) is 2.74. The monoisotopic (exact) mass is 292 g/mol. The van der Waals surface area contributed by atoms with Gasteiger partial charge in [0.1, 0.15) is 5.75 Å². The maximum absolute atomic E-state index is 11.9. The number of ether oxygens (including phenoxy) is 1. The summed E-state index contributed by atoms with van der Waals surface area (Å²) in [5.41, 5.74) is 2.29. The van der Waals surface area contributed by atoms with Gasteiger partial charge in [-0.25, -0.2) is 0 Å². The van der Waals surface area contributed by atoms with Crippen molar-refractivity contribution < 1.29 is 14.3 Å². The number of rotatable bonds is 6. The number of carbonyl (C=O) groups is 2. The highest BCUT2D eigenvalue weighted by Gasteiger charge is 2.14. The fourth-order valence-electron chi connectivity index (χ4n) is 1.73. The van der Waals surface area contributed by atoms with E-state index in [2.05, 4.69) is 5.32 Å². The summed E-state index contributed by atoms with van der Waals surface area (Å²) in [7, 11) is 1.59. The van der Waals surface area contributed by atoms with Crippen molar-refractivity contribution in [1.82, 2.24) is 10.2 Å². The maximum atomic E-state index is 11.9. The molecule has 0 spiro atoms. The first kappa shape index (κ1) is 17.0. The Hall–Kier alpha value is -2.04. The molecular weight excluding hydrogens is 268 g/mol. The second-order valence-corrected chi connectivity index (χ2v) is 5.51. The topological polar surface area (TPSA) is 58.6 Å². The standard InChI is InChI=1S/C16H24N2O3/c1-11(2)17-15(19)9-18(5)16(20)10-21-14-7-6-12(3)13(4)8-14/h6-8,11H,9-10H2,1-5H3,(H,17,19). The number of amides is 2. The smallest absolute Gasteiger partial charge is 0.260 e. The van der Waals surface area contributed by atoms with Crippen molar-refractivity contribution in [2.45, 2.75) is 33.7 Å². The maximum Gasteiger partial charge on any atom is 0.260 e. The van der Waals surface area contributed by atoms with Crippen molar-refractivity contribution in [2.24, 2.45) is 0 Å². The van der Waals surface area contributed by atoms with E-state index in [-0.39, 0.29) is 31.0 Å². The molecule has 21 heavy (non-hydrogen) atoms. The van der Waals surface area contributed by atoms with Crippen molar-refractivity contribution in [3.8, 4) is 5.75 Å². The third-order valence-electron chi connectivity index (χ3n) is 3.10. The van der Waals surface area contributed by atoms with E-state index in [4.69, 9.17) is 4.74 Å². The quantitative estimate of drug-likeness (QED) is 0.867. The molecule has 0 bridgehead atoms. The van der Waals surface area contributed by atoms with E-state index in [0.29, 0.717) is 5.75 Å². The number of benzene rings is 1. The van der Waals surface area contributed by atoms with Crippen LogP contribution in [0.1, 0.15) is 25.0 Å². The van der Waals surface area contributed by atoms with E-state index in [1.165, 1.54) is 10.5 Å². The average molecular weight is 292 g/mol. The lowest BCUT2D eigenvalue weighted by molar-refractivity contribution is -0.136. The van der Waals surface area contributed by atoms with Crippen LogP contribution in [0.2, 0.25) is 0 Å². The van der Waals surface area contributed by atoms with Crippen molar-refractivity contribution in [3.05, 3.63) is 29.3 Å². The van der Waals surface area contributed by atoms with Crippen LogP contribution in [0, 0.1) is 13.8 Å². The van der Waals surface area contributed by atoms with Crippen molar-refractivity contribution >= 4 is 11.8 Å². The SMILES string of the molecule is Cc1ccc(OCC(=O)N(C)CC(=O)NC(C)C)cc1C. The number of nitrogens with one attached hydrogen (secondary N) is 1. The second-order valence-electron chi connectivity index (χ2n) is 5.51. The van der Waals surface area contributed by atoms with Crippen LogP contribution in [0.3, 0.4) is 0 Å². The molecule has 0 aliphatic rings. The Balaban J connectivity index is 2.45. The van der Waals surface area contributed by atoms with Gasteiger partial charge in [0.2, 0.25) is 5.91 Å². The highest BCUT2D eigenvalue weighted by atomic mass is 16.5. The Morgan fingerprint density at radius 2 is 1.90 bits per heavy atom. The first-order valence-electron chi connectivity index (χ1n) is 7.03. The lowest BCUT2D eigenvalue weighted by Gasteiger charge is -2.18. The van der Waals surface area contributed by atoms with Gasteiger partial charge in [0.25, 0.3) is 5.91 Å². The molecule has 0 saturated carbocycles. The zero-order valence-electron chi connectivity index (χ0n) is 13.4. The molecule has 0 heterocycles. The first-order valence-corrected chi connectivity index (χ1v) is 7.03. The van der Waals surface area contributed by atoms with Crippen molar-refractivity contribution in [2.75, 3.05) is 20.2 Å². The Morgan fingerprint density at radius 1 is 1.24 bits per heavy atom. The lowest BCUT2D eigenvalue weighted by atomic mass is 10.1. The van der Waals surface area contributed by atoms with Crippen LogP contribution in [0.5, 0.6) is 5.75 Å². The van der Waals surface area contributed by atoms with Crippen LogP contribution in [0.25, 0.3) is 0 Å². The van der Waals surface area contributed by atoms with Gasteiger partial charge >= 0.3 is 0 Å². The molecule has 2 amide bonds. The molecule has 5 heteroatoms. The molecule has 0 aliphatic carbocycles. The van der Waals surface area contributed by atoms with E-state index >= 15 is 0 Å². The molecule has 0 saturated heterocycles. The van der Waals surface area contributed by atoms with Crippen LogP contribution in [-0.4, -0.2) is 43.0 Å². The van der Waals surface area contributed by atoms with Crippen LogP contribution >= 0.6 is 0 Å². The molecule has 1 aromatic carbocycles. The largest absolute Gasteiger partial charge is 0.484 e. The summed E-state index contributed by atoms with van der Waals surface area (Å²) in [6.45, 7) is 7.73. The number of nitrogens with zero attached hydrogens (tertiary/aromatic N) is 1. The first-order chi connectivity index (χ1) is 9.79. The second kappa shape index (κ2) is 7.67. The van der Waals surface area contributed by atoms with Crippen molar-refractivity contribution in [1.29, 1.82) is 0 Å². The molecule has 0 aromatic heterocycles. The Bertz CT molecular complexity index is 512. The Kier molecular flexibility index (Phi) is 6.21. The molecular formula is C16H24N2O3. The van der Waals surface area contributed by atoms with Gasteiger partial charge in [-0.05, 0) is 51.0 Å². The number of likely N-dealkylation sites (N-methyl/N-ethyl adjacent to an activating group) is 1. The van der Waals surface area contributed by atoms with Crippen LogP contribution in [-0.2, 0) is 9.59 Å². The predicted molar refractivity (Wildman–Crippen MR) is 82.3 cm³/mol. The van der Waals surface area contributed by atoms with E-state index in [9.17, 15) is 9.59 Å². The van der Waals surface area contributed by atoms with Crippen LogP contribution in [0.15, 0.2) is 18.2 Å². The zero-order chi connectivity index (χ0) is 16.0. The minimum Gasteiger partial charge on any atom is -0.484 e.